The van der Waals surface area contributed by atoms with Crippen molar-refractivity contribution in [3.63, 3.8) is 0 Å². The largest absolute Gasteiger partial charge is 0.483 e. The molecular weight excluding hydrogens is 324 g/mol. The number of aryl methyl sites for hydroxylation is 2. The van der Waals surface area contributed by atoms with Crippen molar-refractivity contribution in [2.75, 3.05) is 11.9 Å². The number of para-hydroxylation sites is 1. The lowest BCUT2D eigenvalue weighted by Crippen LogP contribution is -2.27. The van der Waals surface area contributed by atoms with Gasteiger partial charge in [-0.15, -0.1) is 5.10 Å². The van der Waals surface area contributed by atoms with E-state index >= 15 is 0 Å². The number of carboxylic acid groups (broad SMARTS) is 1. The van der Waals surface area contributed by atoms with E-state index in [0.29, 0.717) is 24.4 Å². The van der Waals surface area contributed by atoms with Crippen molar-refractivity contribution in [1.82, 2.24) is 14.8 Å². The van der Waals surface area contributed by atoms with E-state index in [0.717, 1.165) is 12.0 Å². The van der Waals surface area contributed by atoms with Crippen LogP contribution in [0.3, 0.4) is 0 Å². The molecule has 2 aromatic rings. The van der Waals surface area contributed by atoms with Gasteiger partial charge in [0.2, 0.25) is 5.95 Å². The Kier molecular flexibility index (Phi) is 4.97. The molecule has 8 nitrogen and oxygen atoms in total. The molecule has 1 amide bonds. The third kappa shape index (κ3) is 3.96. The quantitative estimate of drug-likeness (QED) is 0.822. The number of hydrogen-bond acceptors (Lipinski definition) is 5. The zero-order chi connectivity index (χ0) is 17.8. The minimum Gasteiger partial charge on any atom is -0.483 e. The number of hydrogen-bond donors (Lipinski definition) is 2. The maximum Gasteiger partial charge on any atom is 0.308 e. The highest BCUT2D eigenvalue weighted by atomic mass is 16.5. The Labute approximate surface area is 144 Å². The zero-order valence-electron chi connectivity index (χ0n) is 13.9. The van der Waals surface area contributed by atoms with E-state index in [-0.39, 0.29) is 25.0 Å². The Morgan fingerprint density at radius 1 is 1.40 bits per heavy atom. The number of anilines is 1. The van der Waals surface area contributed by atoms with Crippen molar-refractivity contribution in [3.8, 4) is 5.75 Å². The van der Waals surface area contributed by atoms with E-state index < -0.39 is 11.9 Å². The summed E-state index contributed by atoms with van der Waals surface area (Å²) < 4.78 is 7.11. The van der Waals surface area contributed by atoms with Crippen LogP contribution in [0.15, 0.2) is 24.3 Å². The molecular formula is C17H20N4O4. The molecule has 25 heavy (non-hydrogen) atoms. The molecule has 0 bridgehead atoms. The molecule has 0 saturated carbocycles. The van der Waals surface area contributed by atoms with E-state index in [1.165, 1.54) is 0 Å². The third-order valence-electron chi connectivity index (χ3n) is 4.17. The maximum atomic E-state index is 12.1. The van der Waals surface area contributed by atoms with Crippen LogP contribution in [-0.4, -0.2) is 38.4 Å². The Bertz CT molecular complexity index is 787. The van der Waals surface area contributed by atoms with Crippen LogP contribution in [-0.2, 0) is 29.0 Å². The molecule has 1 aliphatic heterocycles. The number of nitrogens with one attached hydrogen (secondary N) is 1. The van der Waals surface area contributed by atoms with Crippen LogP contribution < -0.4 is 10.1 Å². The third-order valence-corrected chi connectivity index (χ3v) is 4.17. The molecule has 8 heteroatoms. The molecule has 0 saturated heterocycles. The number of carbonyl (C=O) groups is 2. The summed E-state index contributed by atoms with van der Waals surface area (Å²) in [6.07, 6.45) is 1.87. The van der Waals surface area contributed by atoms with Gasteiger partial charge >= 0.3 is 5.97 Å². The lowest BCUT2D eigenvalue weighted by Gasteiger charge is -2.18. The number of carbonyl (C=O) groups excluding carboxylic acids is 1. The first kappa shape index (κ1) is 16.9. The molecule has 3 rings (SSSR count). The average molecular weight is 344 g/mol. The van der Waals surface area contributed by atoms with Crippen molar-refractivity contribution in [1.29, 1.82) is 0 Å². The number of rotatable bonds is 6. The van der Waals surface area contributed by atoms with Crippen LogP contribution in [0.2, 0.25) is 0 Å². The van der Waals surface area contributed by atoms with Crippen molar-refractivity contribution >= 4 is 17.8 Å². The number of benzene rings is 1. The molecule has 132 valence electrons. The van der Waals surface area contributed by atoms with Crippen LogP contribution in [0, 0.1) is 5.92 Å². The minimum absolute atomic E-state index is 0.140. The summed E-state index contributed by atoms with van der Waals surface area (Å²) in [4.78, 5) is 27.4. The summed E-state index contributed by atoms with van der Waals surface area (Å²) >= 11 is 0. The Balaban J connectivity index is 1.58. The second kappa shape index (κ2) is 7.33. The Hall–Kier alpha value is -2.90. The first-order valence-corrected chi connectivity index (χ1v) is 8.24. The Morgan fingerprint density at radius 3 is 2.96 bits per heavy atom. The zero-order valence-corrected chi connectivity index (χ0v) is 13.9. The van der Waals surface area contributed by atoms with Crippen LogP contribution in [0.4, 0.5) is 5.95 Å². The number of carboxylic acids is 1. The number of nitrogens with zero attached hydrogens (tertiary/aromatic N) is 3. The highest BCUT2D eigenvalue weighted by molar-refractivity contribution is 5.90. The molecule has 0 radical (unpaired) electrons. The number of ether oxygens (including phenoxy) is 1. The van der Waals surface area contributed by atoms with Gasteiger partial charge in [-0.05, 0) is 24.5 Å². The predicted octanol–water partition coefficient (Wildman–Crippen LogP) is 1.50. The van der Waals surface area contributed by atoms with E-state index in [1.807, 2.05) is 31.2 Å². The minimum atomic E-state index is -0.838. The van der Waals surface area contributed by atoms with E-state index in [4.69, 9.17) is 9.84 Å². The molecule has 1 aliphatic rings. The van der Waals surface area contributed by atoms with E-state index in [9.17, 15) is 9.59 Å². The van der Waals surface area contributed by atoms with Gasteiger partial charge in [0.1, 0.15) is 11.6 Å². The van der Waals surface area contributed by atoms with Crippen molar-refractivity contribution in [2.45, 2.75) is 32.7 Å². The standard InChI is InChI=1S/C17H20N4O4/c1-2-11-5-3-4-6-13(11)25-10-15(22)19-17-18-14-8-7-12(16(23)24)9-21(14)20-17/h3-6,12H,2,7-10H2,1H3,(H,23,24)(H,19,20,22). The molecule has 1 unspecified atom stereocenters. The van der Waals surface area contributed by atoms with Gasteiger partial charge < -0.3 is 9.84 Å². The molecule has 1 aromatic heterocycles. The molecule has 1 aromatic carbocycles. The van der Waals surface area contributed by atoms with Crippen LogP contribution in [0.1, 0.15) is 24.7 Å². The number of fused-ring (bicyclic) bond motifs is 1. The topological polar surface area (TPSA) is 106 Å². The van der Waals surface area contributed by atoms with Crippen LogP contribution in [0.25, 0.3) is 0 Å². The van der Waals surface area contributed by atoms with Crippen molar-refractivity contribution in [2.24, 2.45) is 5.92 Å². The van der Waals surface area contributed by atoms with Crippen LogP contribution in [0.5, 0.6) is 5.75 Å². The van der Waals surface area contributed by atoms with E-state index in [2.05, 4.69) is 15.4 Å². The second-order valence-corrected chi connectivity index (χ2v) is 5.91. The summed E-state index contributed by atoms with van der Waals surface area (Å²) in [6.45, 7) is 2.15. The van der Waals surface area contributed by atoms with Crippen LogP contribution >= 0.6 is 0 Å². The fraction of sp³-hybridized carbons (Fsp3) is 0.412. The monoisotopic (exact) mass is 344 g/mol. The Morgan fingerprint density at radius 2 is 2.20 bits per heavy atom. The molecule has 2 heterocycles. The fourth-order valence-electron chi connectivity index (χ4n) is 2.80. The highest BCUT2D eigenvalue weighted by Gasteiger charge is 2.26. The SMILES string of the molecule is CCc1ccccc1OCC(=O)Nc1nc2n(n1)CC(C(=O)O)CC2. The van der Waals surface area contributed by atoms with Gasteiger partial charge in [0.25, 0.3) is 5.91 Å². The van der Waals surface area contributed by atoms with Gasteiger partial charge in [0, 0.05) is 6.42 Å². The second-order valence-electron chi connectivity index (χ2n) is 5.91. The van der Waals surface area contributed by atoms with Gasteiger partial charge in [0.05, 0.1) is 12.5 Å². The maximum absolute atomic E-state index is 12.1. The normalized spacial score (nSPS) is 16.1. The van der Waals surface area contributed by atoms with Gasteiger partial charge in [-0.3, -0.25) is 14.9 Å². The fourth-order valence-corrected chi connectivity index (χ4v) is 2.80. The molecule has 0 fully saturated rings. The highest BCUT2D eigenvalue weighted by Crippen LogP contribution is 2.20. The van der Waals surface area contributed by atoms with Gasteiger partial charge in [0.15, 0.2) is 6.61 Å². The van der Waals surface area contributed by atoms with Gasteiger partial charge in [-0.25, -0.2) is 4.68 Å². The number of aromatic nitrogens is 3. The van der Waals surface area contributed by atoms with Crippen molar-refractivity contribution in [3.05, 3.63) is 35.7 Å². The lowest BCUT2D eigenvalue weighted by atomic mass is 10.0. The first-order chi connectivity index (χ1) is 12.1. The summed E-state index contributed by atoms with van der Waals surface area (Å²) in [6, 6.07) is 7.56. The van der Waals surface area contributed by atoms with Gasteiger partial charge in [-0.1, -0.05) is 25.1 Å². The smallest absolute Gasteiger partial charge is 0.308 e. The van der Waals surface area contributed by atoms with E-state index in [1.54, 1.807) is 4.68 Å². The average Bonchev–Trinajstić information content (AvgIpc) is 3.01. The summed E-state index contributed by atoms with van der Waals surface area (Å²) in [5, 5.41) is 15.9. The first-order valence-electron chi connectivity index (χ1n) is 8.24. The lowest BCUT2D eigenvalue weighted by molar-refractivity contribution is -0.142. The van der Waals surface area contributed by atoms with Gasteiger partial charge in [-0.2, -0.15) is 4.98 Å². The summed E-state index contributed by atoms with van der Waals surface area (Å²) in [5.41, 5.74) is 1.03. The number of aliphatic carboxylic acids is 1. The van der Waals surface area contributed by atoms with Crippen molar-refractivity contribution < 1.29 is 19.4 Å². The molecule has 0 spiro atoms. The summed E-state index contributed by atoms with van der Waals surface area (Å²) in [5.74, 6) is -0.116. The number of amides is 1. The predicted molar refractivity (Wildman–Crippen MR) is 89.4 cm³/mol. The summed E-state index contributed by atoms with van der Waals surface area (Å²) in [7, 11) is 0. The molecule has 0 aliphatic carbocycles. The molecule has 1 atom stereocenters. The molecule has 2 N–H and O–H groups in total.